The fourth-order valence-corrected chi connectivity index (χ4v) is 3.26. The zero-order valence-corrected chi connectivity index (χ0v) is 17.4. The van der Waals surface area contributed by atoms with E-state index in [2.05, 4.69) is 35.0 Å². The second kappa shape index (κ2) is 11.2. The molecule has 0 bridgehead atoms. The average Bonchev–Trinajstić information content (AvgIpc) is 2.78. The van der Waals surface area contributed by atoms with Crippen LogP contribution in [0.1, 0.15) is 0 Å². The molecule has 0 radical (unpaired) electrons. The monoisotopic (exact) mass is 397 g/mol. The van der Waals surface area contributed by atoms with E-state index in [1.165, 1.54) is 0 Å². The zero-order valence-electron chi connectivity index (χ0n) is 17.4. The molecule has 0 saturated carbocycles. The van der Waals surface area contributed by atoms with E-state index in [4.69, 9.17) is 4.74 Å². The van der Waals surface area contributed by atoms with Gasteiger partial charge in [-0.05, 0) is 18.2 Å². The largest absolute Gasteiger partial charge is 0.492 e. The van der Waals surface area contributed by atoms with Crippen molar-refractivity contribution in [3.63, 3.8) is 0 Å². The van der Waals surface area contributed by atoms with Gasteiger partial charge in [0.1, 0.15) is 12.4 Å². The Labute approximate surface area is 173 Å². The van der Waals surface area contributed by atoms with Gasteiger partial charge in [0, 0.05) is 65.8 Å². The molecule has 29 heavy (non-hydrogen) atoms. The van der Waals surface area contributed by atoms with Gasteiger partial charge in [0.15, 0.2) is 5.96 Å². The van der Waals surface area contributed by atoms with Crippen molar-refractivity contribution in [3.05, 3.63) is 48.8 Å². The maximum atomic E-state index is 5.77. The lowest BCUT2D eigenvalue weighted by Crippen LogP contribution is -2.50. The predicted molar refractivity (Wildman–Crippen MR) is 117 cm³/mol. The summed E-state index contributed by atoms with van der Waals surface area (Å²) in [6.45, 7) is 7.16. The molecule has 0 spiro atoms. The summed E-state index contributed by atoms with van der Waals surface area (Å²) < 4.78 is 5.77. The second-order valence-corrected chi connectivity index (χ2v) is 6.93. The van der Waals surface area contributed by atoms with Crippen LogP contribution in [0.25, 0.3) is 0 Å². The summed E-state index contributed by atoms with van der Waals surface area (Å²) in [6.07, 6.45) is 3.59. The molecule has 1 aromatic carbocycles. The minimum Gasteiger partial charge on any atom is -0.492 e. The number of nitrogens with one attached hydrogen (secondary N) is 1. The third-order valence-electron chi connectivity index (χ3n) is 4.93. The molecule has 2 heterocycles. The first-order valence-electron chi connectivity index (χ1n) is 10.1. The molecule has 1 aliphatic rings. The molecule has 1 aromatic heterocycles. The van der Waals surface area contributed by atoms with Crippen molar-refractivity contribution in [2.24, 2.45) is 4.99 Å². The van der Waals surface area contributed by atoms with Gasteiger partial charge in [-0.25, -0.2) is 9.97 Å². The fourth-order valence-electron chi connectivity index (χ4n) is 3.26. The van der Waals surface area contributed by atoms with Gasteiger partial charge in [-0.1, -0.05) is 18.2 Å². The first-order valence-corrected chi connectivity index (χ1v) is 10.1. The van der Waals surface area contributed by atoms with Crippen LogP contribution < -0.4 is 15.0 Å². The number of benzene rings is 1. The molecule has 1 fully saturated rings. The number of anilines is 1. The molecule has 2 aromatic rings. The number of ether oxygens (including phenoxy) is 1. The standard InChI is InChI=1S/C21H31N7O/c1-22-20(26(2)17-18-29-19-7-4-3-5-8-19)25-11-12-27-13-15-28(16-14-27)21-23-9-6-10-24-21/h3-10H,11-18H2,1-2H3,(H,22,25). The zero-order chi connectivity index (χ0) is 20.3. The lowest BCUT2D eigenvalue weighted by molar-refractivity contribution is 0.257. The molecular formula is C21H31N7O. The van der Waals surface area contributed by atoms with Crippen LogP contribution in [0.3, 0.4) is 0 Å². The highest BCUT2D eigenvalue weighted by atomic mass is 16.5. The molecule has 0 aliphatic carbocycles. The number of likely N-dealkylation sites (N-methyl/N-ethyl adjacent to an activating group) is 1. The third kappa shape index (κ3) is 6.60. The first-order chi connectivity index (χ1) is 14.3. The number of aromatic nitrogens is 2. The lowest BCUT2D eigenvalue weighted by Gasteiger charge is -2.34. The summed E-state index contributed by atoms with van der Waals surface area (Å²) in [6, 6.07) is 11.7. The van der Waals surface area contributed by atoms with Gasteiger partial charge >= 0.3 is 0 Å². The van der Waals surface area contributed by atoms with E-state index in [9.17, 15) is 0 Å². The minimum atomic E-state index is 0.616. The topological polar surface area (TPSA) is 69.1 Å². The number of rotatable bonds is 8. The van der Waals surface area contributed by atoms with Gasteiger partial charge in [0.2, 0.25) is 5.95 Å². The maximum Gasteiger partial charge on any atom is 0.225 e. The SMILES string of the molecule is CN=C(NCCN1CCN(c2ncccn2)CC1)N(C)CCOc1ccccc1. The number of nitrogens with zero attached hydrogens (tertiary/aromatic N) is 6. The Kier molecular flexibility index (Phi) is 8.06. The number of hydrogen-bond donors (Lipinski definition) is 1. The van der Waals surface area contributed by atoms with Gasteiger partial charge in [-0.3, -0.25) is 9.89 Å². The van der Waals surface area contributed by atoms with Crippen LogP contribution in [-0.4, -0.2) is 92.2 Å². The highest BCUT2D eigenvalue weighted by Gasteiger charge is 2.18. The summed E-state index contributed by atoms with van der Waals surface area (Å²) >= 11 is 0. The van der Waals surface area contributed by atoms with Crippen LogP contribution in [0, 0.1) is 0 Å². The second-order valence-electron chi connectivity index (χ2n) is 6.93. The molecule has 0 unspecified atom stereocenters. The van der Waals surface area contributed by atoms with Crippen molar-refractivity contribution in [1.29, 1.82) is 0 Å². The minimum absolute atomic E-state index is 0.616. The van der Waals surface area contributed by atoms with Crippen LogP contribution in [0.4, 0.5) is 5.95 Å². The van der Waals surface area contributed by atoms with Gasteiger partial charge < -0.3 is 19.9 Å². The van der Waals surface area contributed by atoms with Crippen molar-refractivity contribution in [2.45, 2.75) is 0 Å². The Bertz CT molecular complexity index is 733. The Morgan fingerprint density at radius 1 is 1.10 bits per heavy atom. The quantitative estimate of drug-likeness (QED) is 0.530. The fraction of sp³-hybridized carbons (Fsp3) is 0.476. The molecule has 0 atom stereocenters. The number of aliphatic imine (C=N–C) groups is 1. The number of hydrogen-bond acceptors (Lipinski definition) is 6. The van der Waals surface area contributed by atoms with Gasteiger partial charge in [-0.15, -0.1) is 0 Å². The summed E-state index contributed by atoms with van der Waals surface area (Å²) in [4.78, 5) is 19.8. The van der Waals surface area contributed by atoms with E-state index in [1.807, 2.05) is 50.5 Å². The molecule has 1 aliphatic heterocycles. The molecule has 1 N–H and O–H groups in total. The predicted octanol–water partition coefficient (Wildman–Crippen LogP) is 1.18. The highest BCUT2D eigenvalue weighted by molar-refractivity contribution is 5.79. The normalized spacial score (nSPS) is 15.2. The Balaban J connectivity index is 1.32. The first kappa shape index (κ1) is 20.9. The van der Waals surface area contributed by atoms with Gasteiger partial charge in [0.25, 0.3) is 0 Å². The van der Waals surface area contributed by atoms with E-state index in [0.717, 1.165) is 63.5 Å². The van der Waals surface area contributed by atoms with Gasteiger partial charge in [-0.2, -0.15) is 0 Å². The van der Waals surface area contributed by atoms with Gasteiger partial charge in [0.05, 0.1) is 6.54 Å². The van der Waals surface area contributed by atoms with Crippen molar-refractivity contribution in [3.8, 4) is 5.75 Å². The number of para-hydroxylation sites is 1. The summed E-state index contributed by atoms with van der Waals surface area (Å²) in [7, 11) is 3.85. The van der Waals surface area contributed by atoms with Crippen molar-refractivity contribution in [1.82, 2.24) is 25.1 Å². The number of guanidine groups is 1. The smallest absolute Gasteiger partial charge is 0.225 e. The van der Waals surface area contributed by atoms with Crippen molar-refractivity contribution < 1.29 is 4.74 Å². The maximum absolute atomic E-state index is 5.77. The van der Waals surface area contributed by atoms with E-state index in [-0.39, 0.29) is 0 Å². The summed E-state index contributed by atoms with van der Waals surface area (Å²) in [5.41, 5.74) is 0. The van der Waals surface area contributed by atoms with Crippen molar-refractivity contribution >= 4 is 11.9 Å². The molecular weight excluding hydrogens is 366 g/mol. The molecule has 3 rings (SSSR count). The Morgan fingerprint density at radius 3 is 2.52 bits per heavy atom. The van der Waals surface area contributed by atoms with Crippen molar-refractivity contribution in [2.75, 3.05) is 71.4 Å². The van der Waals surface area contributed by atoms with Crippen LogP contribution in [0.2, 0.25) is 0 Å². The van der Waals surface area contributed by atoms with Crippen LogP contribution in [0.15, 0.2) is 53.8 Å². The molecule has 8 nitrogen and oxygen atoms in total. The molecule has 8 heteroatoms. The summed E-state index contributed by atoms with van der Waals surface area (Å²) in [5.74, 6) is 2.60. The average molecular weight is 398 g/mol. The van der Waals surface area contributed by atoms with E-state index < -0.39 is 0 Å². The van der Waals surface area contributed by atoms with E-state index in [1.54, 1.807) is 12.4 Å². The Morgan fingerprint density at radius 2 is 1.83 bits per heavy atom. The highest BCUT2D eigenvalue weighted by Crippen LogP contribution is 2.09. The van der Waals surface area contributed by atoms with Crippen LogP contribution >= 0.6 is 0 Å². The molecule has 1 saturated heterocycles. The van der Waals surface area contributed by atoms with E-state index in [0.29, 0.717) is 6.61 Å². The summed E-state index contributed by atoms with van der Waals surface area (Å²) in [5, 5.41) is 3.45. The Hall–Kier alpha value is -2.87. The molecule has 156 valence electrons. The van der Waals surface area contributed by atoms with E-state index >= 15 is 0 Å². The molecule has 0 amide bonds. The van der Waals surface area contributed by atoms with Crippen LogP contribution in [-0.2, 0) is 0 Å². The third-order valence-corrected chi connectivity index (χ3v) is 4.93. The van der Waals surface area contributed by atoms with Crippen LogP contribution in [0.5, 0.6) is 5.75 Å². The lowest BCUT2D eigenvalue weighted by atomic mass is 10.3. The number of piperazine rings is 1.